The third kappa shape index (κ3) is 4.42. The van der Waals surface area contributed by atoms with E-state index in [1.807, 2.05) is 13.8 Å². The number of nitrogens with two attached hydrogens (primary N) is 1. The molecule has 0 radical (unpaired) electrons. The van der Waals surface area contributed by atoms with Crippen molar-refractivity contribution in [2.45, 2.75) is 31.7 Å². The van der Waals surface area contributed by atoms with E-state index in [1.54, 1.807) is 12.1 Å². The zero-order chi connectivity index (χ0) is 24.6. The fourth-order valence-corrected chi connectivity index (χ4v) is 4.76. The standard InChI is InChI=1S/C22H25N5O6S/c1-12(2)7-9-27-21-14(4-3-8-24-21)19(29)18(22(27)30)20-25-15-6-5-13(33-11-17(23)28)10-16(15)34(31,32)26-20/h3-6,8,10,12,29,31-32H,7,9,11H2,1-2H3,(H2,23,28)(H,25,26). The fraction of sp³-hybridized carbons (Fsp3) is 0.273. The quantitative estimate of drug-likeness (QED) is 0.338. The minimum Gasteiger partial charge on any atom is -0.506 e. The monoisotopic (exact) mass is 487 g/mol. The maximum Gasteiger partial charge on any atom is 0.267 e. The van der Waals surface area contributed by atoms with Crippen molar-refractivity contribution in [1.82, 2.24) is 9.55 Å². The zero-order valence-corrected chi connectivity index (χ0v) is 19.4. The first kappa shape index (κ1) is 23.5. The molecule has 0 bridgehead atoms. The summed E-state index contributed by atoms with van der Waals surface area (Å²) in [5, 5.41) is 14.2. The van der Waals surface area contributed by atoms with Gasteiger partial charge in [0.2, 0.25) is 0 Å². The number of carbonyl (C=O) groups is 1. The smallest absolute Gasteiger partial charge is 0.267 e. The Bertz CT molecular complexity index is 1370. The van der Waals surface area contributed by atoms with Crippen LogP contribution in [-0.4, -0.2) is 42.1 Å². The Balaban J connectivity index is 1.83. The molecule has 0 spiro atoms. The number of rotatable bonds is 7. The van der Waals surface area contributed by atoms with Crippen LogP contribution in [0.3, 0.4) is 0 Å². The van der Waals surface area contributed by atoms with Gasteiger partial charge in [0.25, 0.3) is 11.5 Å². The van der Waals surface area contributed by atoms with E-state index in [9.17, 15) is 23.8 Å². The van der Waals surface area contributed by atoms with Gasteiger partial charge in [-0.25, -0.2) is 4.98 Å². The highest BCUT2D eigenvalue weighted by Gasteiger charge is 2.31. The Morgan fingerprint density at radius 1 is 1.29 bits per heavy atom. The summed E-state index contributed by atoms with van der Waals surface area (Å²) in [4.78, 5) is 28.7. The third-order valence-electron chi connectivity index (χ3n) is 5.26. The number of aromatic hydroxyl groups is 1. The van der Waals surface area contributed by atoms with Crippen molar-refractivity contribution in [3.63, 3.8) is 0 Å². The third-order valence-corrected chi connectivity index (χ3v) is 6.63. The second-order valence-corrected chi connectivity index (χ2v) is 9.89. The molecular weight excluding hydrogens is 462 g/mol. The lowest BCUT2D eigenvalue weighted by atomic mass is 10.1. The second-order valence-electron chi connectivity index (χ2n) is 8.23. The molecule has 0 aliphatic carbocycles. The molecule has 3 aromatic rings. The molecule has 1 amide bonds. The summed E-state index contributed by atoms with van der Waals surface area (Å²) < 4.78 is 32.2. The summed E-state index contributed by atoms with van der Waals surface area (Å²) >= 11 is 0. The van der Waals surface area contributed by atoms with Crippen molar-refractivity contribution in [1.29, 1.82) is 0 Å². The summed E-state index contributed by atoms with van der Waals surface area (Å²) in [5.41, 5.74) is 4.92. The highest BCUT2D eigenvalue weighted by atomic mass is 32.3. The van der Waals surface area contributed by atoms with Crippen LogP contribution in [0.4, 0.5) is 5.69 Å². The van der Waals surface area contributed by atoms with E-state index in [0.29, 0.717) is 29.9 Å². The van der Waals surface area contributed by atoms with E-state index in [0.717, 1.165) is 0 Å². The lowest BCUT2D eigenvalue weighted by molar-refractivity contribution is -0.119. The SMILES string of the molecule is CC(C)CCn1c(=O)c(C2=NS(O)(O)c3cc(OCC(N)=O)ccc3N2)c(O)c2cccnc21. The molecular formula is C22H25N5O6S. The molecule has 0 saturated heterocycles. The number of pyridine rings is 2. The number of primary amides is 1. The lowest BCUT2D eigenvalue weighted by Crippen LogP contribution is -2.32. The van der Waals surface area contributed by atoms with E-state index < -0.39 is 22.2 Å². The number of aromatic nitrogens is 2. The van der Waals surface area contributed by atoms with E-state index in [4.69, 9.17) is 10.5 Å². The molecule has 1 aromatic carbocycles. The molecule has 0 unspecified atom stereocenters. The van der Waals surface area contributed by atoms with Gasteiger partial charge in [-0.1, -0.05) is 24.6 Å². The molecule has 0 saturated carbocycles. The van der Waals surface area contributed by atoms with Crippen LogP contribution in [0.15, 0.2) is 50.6 Å². The Morgan fingerprint density at radius 3 is 2.76 bits per heavy atom. The molecule has 2 aromatic heterocycles. The molecule has 0 fully saturated rings. The van der Waals surface area contributed by atoms with E-state index >= 15 is 0 Å². The van der Waals surface area contributed by atoms with Gasteiger partial charge in [0, 0.05) is 18.8 Å². The molecule has 34 heavy (non-hydrogen) atoms. The van der Waals surface area contributed by atoms with Gasteiger partial charge in [0.1, 0.15) is 27.6 Å². The van der Waals surface area contributed by atoms with Crippen molar-refractivity contribution < 1.29 is 23.7 Å². The summed E-state index contributed by atoms with van der Waals surface area (Å²) in [6.07, 6.45) is 2.23. The predicted octanol–water partition coefficient (Wildman–Crippen LogP) is 2.91. The largest absolute Gasteiger partial charge is 0.506 e. The Labute approximate surface area is 196 Å². The maximum absolute atomic E-state index is 13.5. The highest BCUT2D eigenvalue weighted by Crippen LogP contribution is 2.56. The number of nitrogens with one attached hydrogen (secondary N) is 1. The van der Waals surface area contributed by atoms with Gasteiger partial charge in [0.05, 0.1) is 11.1 Å². The lowest BCUT2D eigenvalue weighted by Gasteiger charge is -2.34. The Morgan fingerprint density at radius 2 is 2.06 bits per heavy atom. The maximum atomic E-state index is 13.5. The van der Waals surface area contributed by atoms with Crippen LogP contribution < -0.4 is 21.3 Å². The van der Waals surface area contributed by atoms with Gasteiger partial charge in [-0.3, -0.25) is 23.3 Å². The van der Waals surface area contributed by atoms with Gasteiger partial charge in [-0.2, -0.15) is 0 Å². The minimum absolute atomic E-state index is 0.0142. The summed E-state index contributed by atoms with van der Waals surface area (Å²) in [6.45, 7) is 4.04. The van der Waals surface area contributed by atoms with Crippen molar-refractivity contribution in [3.8, 4) is 11.5 Å². The molecule has 6 N–H and O–H groups in total. The number of benzene rings is 1. The molecule has 4 rings (SSSR count). The van der Waals surface area contributed by atoms with E-state index in [1.165, 1.54) is 29.0 Å². The number of hydrogen-bond donors (Lipinski definition) is 5. The van der Waals surface area contributed by atoms with Gasteiger partial charge < -0.3 is 20.9 Å². The number of aryl methyl sites for hydroxylation is 1. The molecule has 0 atom stereocenters. The fourth-order valence-electron chi connectivity index (χ4n) is 3.58. The molecule has 3 heterocycles. The molecule has 11 nitrogen and oxygen atoms in total. The van der Waals surface area contributed by atoms with Crippen LogP contribution in [0.25, 0.3) is 11.0 Å². The van der Waals surface area contributed by atoms with Crippen LogP contribution in [0.5, 0.6) is 11.5 Å². The zero-order valence-electron chi connectivity index (χ0n) is 18.6. The minimum atomic E-state index is -3.77. The number of amidine groups is 1. The molecule has 1 aliphatic rings. The van der Waals surface area contributed by atoms with Crippen LogP contribution in [0, 0.1) is 5.92 Å². The topological polar surface area (TPSA) is 172 Å². The molecule has 180 valence electrons. The Hall–Kier alpha value is -3.61. The first-order valence-electron chi connectivity index (χ1n) is 10.5. The molecule has 1 aliphatic heterocycles. The van der Waals surface area contributed by atoms with Gasteiger partial charge in [0.15, 0.2) is 12.4 Å². The number of amides is 1. The van der Waals surface area contributed by atoms with Gasteiger partial charge in [-0.15, -0.1) is 4.40 Å². The number of ether oxygens (including phenoxy) is 1. The van der Waals surface area contributed by atoms with Crippen LogP contribution in [-0.2, 0) is 11.3 Å². The first-order chi connectivity index (χ1) is 16.1. The number of hydrogen-bond acceptors (Lipinski definition) is 9. The number of carbonyl (C=O) groups excluding carboxylic acids is 1. The van der Waals surface area contributed by atoms with Gasteiger partial charge in [-0.05, 0) is 36.6 Å². The van der Waals surface area contributed by atoms with Crippen molar-refractivity contribution in [3.05, 3.63) is 52.4 Å². The number of anilines is 1. The van der Waals surface area contributed by atoms with Crippen LogP contribution >= 0.6 is 10.8 Å². The second kappa shape index (κ2) is 8.97. The summed E-state index contributed by atoms with van der Waals surface area (Å²) in [6, 6.07) is 7.58. The van der Waals surface area contributed by atoms with Crippen LogP contribution in [0.2, 0.25) is 0 Å². The summed E-state index contributed by atoms with van der Waals surface area (Å²) in [5.74, 6) is -0.714. The average Bonchev–Trinajstić information content (AvgIpc) is 2.77. The van der Waals surface area contributed by atoms with Crippen molar-refractivity contribution in [2.24, 2.45) is 16.0 Å². The number of fused-ring (bicyclic) bond motifs is 2. The van der Waals surface area contributed by atoms with Crippen molar-refractivity contribution >= 4 is 39.2 Å². The summed E-state index contributed by atoms with van der Waals surface area (Å²) in [7, 11) is -3.77. The van der Waals surface area contributed by atoms with Gasteiger partial charge >= 0.3 is 0 Å². The Kier molecular flexibility index (Phi) is 6.21. The normalized spacial score (nSPS) is 15.4. The molecule has 12 heteroatoms. The predicted molar refractivity (Wildman–Crippen MR) is 130 cm³/mol. The first-order valence-corrected chi connectivity index (χ1v) is 12.0. The number of nitrogens with zero attached hydrogens (tertiary/aromatic N) is 3. The van der Waals surface area contributed by atoms with Crippen LogP contribution in [0.1, 0.15) is 25.8 Å². The van der Waals surface area contributed by atoms with E-state index in [2.05, 4.69) is 14.7 Å². The average molecular weight is 488 g/mol. The highest BCUT2D eigenvalue weighted by molar-refractivity contribution is 8.23. The van der Waals surface area contributed by atoms with Crippen molar-refractivity contribution in [2.75, 3.05) is 11.9 Å². The van der Waals surface area contributed by atoms with E-state index in [-0.39, 0.29) is 40.1 Å².